The van der Waals surface area contributed by atoms with Crippen molar-refractivity contribution < 1.29 is 18.8 Å². The fourth-order valence-electron chi connectivity index (χ4n) is 4.51. The zero-order valence-electron chi connectivity index (χ0n) is 20.8. The highest BCUT2D eigenvalue weighted by Crippen LogP contribution is 2.26. The Morgan fingerprint density at radius 1 is 1.11 bits per heavy atom. The summed E-state index contributed by atoms with van der Waals surface area (Å²) in [5, 5.41) is 10.0. The lowest BCUT2D eigenvalue weighted by Crippen LogP contribution is -2.44. The number of aryl methyl sites for hydroxylation is 2. The number of hydrogen-bond acceptors (Lipinski definition) is 5. The van der Waals surface area contributed by atoms with Crippen LogP contribution in [0.15, 0.2) is 52.9 Å². The van der Waals surface area contributed by atoms with E-state index in [9.17, 15) is 14.4 Å². The maximum absolute atomic E-state index is 13.3. The van der Waals surface area contributed by atoms with Crippen LogP contribution in [0.3, 0.4) is 0 Å². The van der Waals surface area contributed by atoms with Crippen LogP contribution in [-0.2, 0) is 16.1 Å². The van der Waals surface area contributed by atoms with Crippen LogP contribution in [0, 0.1) is 13.8 Å². The number of nitrogens with zero attached hydrogens (tertiary/aromatic N) is 3. The van der Waals surface area contributed by atoms with Gasteiger partial charge in [-0.1, -0.05) is 30.3 Å². The van der Waals surface area contributed by atoms with Crippen molar-refractivity contribution in [1.29, 1.82) is 0 Å². The molecule has 0 aliphatic carbocycles. The number of furan rings is 1. The zero-order valence-corrected chi connectivity index (χ0v) is 20.8. The highest BCUT2D eigenvalue weighted by atomic mass is 16.4. The molecule has 2 aromatic heterocycles. The monoisotopic (exact) mass is 491 g/mol. The van der Waals surface area contributed by atoms with E-state index in [1.165, 1.54) is 0 Å². The van der Waals surface area contributed by atoms with E-state index in [1.807, 2.05) is 54.9 Å². The molecule has 0 bridgehead atoms. The minimum atomic E-state index is -0.460. The molecule has 2 N–H and O–H groups in total. The molecule has 1 fully saturated rings. The first-order valence-corrected chi connectivity index (χ1v) is 12.4. The van der Waals surface area contributed by atoms with Crippen LogP contribution >= 0.6 is 0 Å². The number of rotatable bonds is 6. The minimum absolute atomic E-state index is 0.0849. The van der Waals surface area contributed by atoms with Gasteiger partial charge in [0.2, 0.25) is 11.8 Å². The van der Waals surface area contributed by atoms with Crippen molar-refractivity contribution in [3.8, 4) is 0 Å². The van der Waals surface area contributed by atoms with Gasteiger partial charge in [-0.3, -0.25) is 19.1 Å². The Hall–Kier alpha value is -3.88. The second-order valence-corrected chi connectivity index (χ2v) is 9.16. The third-order valence-corrected chi connectivity index (χ3v) is 6.35. The van der Waals surface area contributed by atoms with E-state index in [0.717, 1.165) is 36.2 Å². The number of benzene rings is 1. The quantitative estimate of drug-likeness (QED) is 0.551. The Bertz CT molecular complexity index is 1200. The van der Waals surface area contributed by atoms with Crippen LogP contribution in [0.25, 0.3) is 0 Å². The van der Waals surface area contributed by atoms with Gasteiger partial charge >= 0.3 is 0 Å². The van der Waals surface area contributed by atoms with Gasteiger partial charge in [0.15, 0.2) is 5.76 Å². The second-order valence-electron chi connectivity index (χ2n) is 9.16. The van der Waals surface area contributed by atoms with Gasteiger partial charge in [-0.2, -0.15) is 5.10 Å². The van der Waals surface area contributed by atoms with Crippen LogP contribution in [0.2, 0.25) is 0 Å². The summed E-state index contributed by atoms with van der Waals surface area (Å²) in [6, 6.07) is 14.5. The van der Waals surface area contributed by atoms with Crippen molar-refractivity contribution in [3.05, 3.63) is 77.0 Å². The summed E-state index contributed by atoms with van der Waals surface area (Å²) in [5.41, 5.74) is 2.81. The van der Waals surface area contributed by atoms with Gasteiger partial charge in [-0.25, -0.2) is 0 Å². The van der Waals surface area contributed by atoms with Gasteiger partial charge in [-0.15, -0.1) is 0 Å². The molecule has 9 heteroatoms. The number of amides is 3. The van der Waals surface area contributed by atoms with E-state index < -0.39 is 11.9 Å². The molecular weight excluding hydrogens is 458 g/mol. The molecule has 1 atom stereocenters. The molecule has 0 radical (unpaired) electrons. The Labute approximate surface area is 210 Å². The van der Waals surface area contributed by atoms with Gasteiger partial charge in [0, 0.05) is 18.8 Å². The smallest absolute Gasteiger partial charge is 0.287 e. The molecule has 4 rings (SSSR count). The molecule has 36 heavy (non-hydrogen) atoms. The summed E-state index contributed by atoms with van der Waals surface area (Å²) in [7, 11) is 0. The molecule has 0 saturated carbocycles. The van der Waals surface area contributed by atoms with Crippen molar-refractivity contribution in [1.82, 2.24) is 25.3 Å². The Kier molecular flexibility index (Phi) is 8.20. The van der Waals surface area contributed by atoms with Crippen LogP contribution in [0.4, 0.5) is 0 Å². The molecule has 1 aromatic carbocycles. The average Bonchev–Trinajstić information content (AvgIpc) is 3.47. The number of nitrogens with one attached hydrogen (secondary N) is 2. The first kappa shape index (κ1) is 25.2. The van der Waals surface area contributed by atoms with Gasteiger partial charge in [-0.05, 0) is 56.9 Å². The normalized spacial score (nSPS) is 16.9. The molecule has 3 aromatic rings. The van der Waals surface area contributed by atoms with Crippen molar-refractivity contribution in [2.24, 2.45) is 0 Å². The van der Waals surface area contributed by atoms with Crippen LogP contribution in [-0.4, -0.2) is 52.0 Å². The van der Waals surface area contributed by atoms with Crippen molar-refractivity contribution in [3.63, 3.8) is 0 Å². The molecule has 0 spiro atoms. The SMILES string of the molecule is Cc1cc(C)n(Cc2ccc(C(=O)NCC(=O)N3CCCCCNC(=O)CC3c3ccccc3)o2)n1. The van der Waals surface area contributed by atoms with E-state index in [-0.39, 0.29) is 30.5 Å². The van der Waals surface area contributed by atoms with Gasteiger partial charge in [0.25, 0.3) is 5.91 Å². The summed E-state index contributed by atoms with van der Waals surface area (Å²) < 4.78 is 7.52. The standard InChI is InChI=1S/C27H33N5O4/c1-19-15-20(2)32(30-19)18-22-11-12-24(36-22)27(35)29-17-26(34)31-14-8-4-7-13-28-25(33)16-23(31)21-9-5-3-6-10-21/h3,5-6,9-12,15,23H,4,7-8,13-14,16-18H2,1-2H3,(H,28,33)(H,29,35). The third kappa shape index (κ3) is 6.41. The molecule has 9 nitrogen and oxygen atoms in total. The predicted molar refractivity (Wildman–Crippen MR) is 134 cm³/mol. The summed E-state index contributed by atoms with van der Waals surface area (Å²) >= 11 is 0. The molecule has 1 aliphatic heterocycles. The molecule has 3 amide bonds. The number of aromatic nitrogens is 2. The number of carbonyl (C=O) groups excluding carboxylic acids is 3. The molecule has 1 saturated heterocycles. The van der Waals surface area contributed by atoms with E-state index in [4.69, 9.17) is 4.42 Å². The highest BCUT2D eigenvalue weighted by Gasteiger charge is 2.28. The summed E-state index contributed by atoms with van der Waals surface area (Å²) in [6.45, 7) is 5.29. The fraction of sp³-hybridized carbons (Fsp3) is 0.407. The number of carbonyl (C=O) groups is 3. The predicted octanol–water partition coefficient (Wildman–Crippen LogP) is 3.13. The fourth-order valence-corrected chi connectivity index (χ4v) is 4.51. The lowest BCUT2D eigenvalue weighted by atomic mass is 10.00. The summed E-state index contributed by atoms with van der Waals surface area (Å²) in [4.78, 5) is 40.3. The maximum Gasteiger partial charge on any atom is 0.287 e. The van der Waals surface area contributed by atoms with Crippen LogP contribution < -0.4 is 10.6 Å². The van der Waals surface area contributed by atoms with Crippen molar-refractivity contribution >= 4 is 17.7 Å². The summed E-state index contributed by atoms with van der Waals surface area (Å²) in [5.74, 6) is -0.0421. The molecular formula is C27H33N5O4. The average molecular weight is 492 g/mol. The first-order chi connectivity index (χ1) is 17.4. The van der Waals surface area contributed by atoms with Gasteiger partial charge in [0.05, 0.1) is 31.2 Å². The Morgan fingerprint density at radius 3 is 2.67 bits per heavy atom. The molecule has 1 aliphatic rings. The van der Waals surface area contributed by atoms with Crippen LogP contribution in [0.1, 0.15) is 65.0 Å². The van der Waals surface area contributed by atoms with Gasteiger partial charge in [0.1, 0.15) is 5.76 Å². The lowest BCUT2D eigenvalue weighted by Gasteiger charge is -2.33. The lowest BCUT2D eigenvalue weighted by molar-refractivity contribution is -0.134. The summed E-state index contributed by atoms with van der Waals surface area (Å²) in [6.07, 6.45) is 2.78. The maximum atomic E-state index is 13.3. The van der Waals surface area contributed by atoms with E-state index in [2.05, 4.69) is 15.7 Å². The topological polar surface area (TPSA) is 109 Å². The highest BCUT2D eigenvalue weighted by molar-refractivity contribution is 5.94. The zero-order chi connectivity index (χ0) is 25.5. The third-order valence-electron chi connectivity index (χ3n) is 6.35. The first-order valence-electron chi connectivity index (χ1n) is 12.4. The van der Waals surface area contributed by atoms with Crippen molar-refractivity contribution in [2.45, 2.75) is 52.1 Å². The van der Waals surface area contributed by atoms with Crippen LogP contribution in [0.5, 0.6) is 0 Å². The second kappa shape index (κ2) is 11.7. The molecule has 1 unspecified atom stereocenters. The Morgan fingerprint density at radius 2 is 1.92 bits per heavy atom. The minimum Gasteiger partial charge on any atom is -0.454 e. The van der Waals surface area contributed by atoms with E-state index in [1.54, 1.807) is 17.0 Å². The van der Waals surface area contributed by atoms with E-state index >= 15 is 0 Å². The molecule has 3 heterocycles. The largest absolute Gasteiger partial charge is 0.454 e. The Balaban J connectivity index is 1.42. The van der Waals surface area contributed by atoms with E-state index in [0.29, 0.717) is 25.4 Å². The van der Waals surface area contributed by atoms with Gasteiger partial charge < -0.3 is 20.0 Å². The number of hydrogen-bond donors (Lipinski definition) is 2. The van der Waals surface area contributed by atoms with Crippen molar-refractivity contribution in [2.75, 3.05) is 19.6 Å². The molecule has 190 valence electrons.